The molecule has 19 heteroatoms. The second-order valence-electron chi connectivity index (χ2n) is 26.6. The van der Waals surface area contributed by atoms with Crippen molar-refractivity contribution in [2.24, 2.45) is 0 Å². The number of ether oxygens (including phenoxy) is 4. The Balaban J connectivity index is 5.52. The first-order valence-electron chi connectivity index (χ1n) is 41.3. The van der Waals surface area contributed by atoms with Crippen LogP contribution in [0.5, 0.6) is 0 Å². The van der Waals surface area contributed by atoms with Gasteiger partial charge in [0.2, 0.25) is 0 Å². The summed E-state index contributed by atoms with van der Waals surface area (Å²) in [5.41, 5.74) is 0. The summed E-state index contributed by atoms with van der Waals surface area (Å²) < 4.78 is 68.5. The van der Waals surface area contributed by atoms with Gasteiger partial charge >= 0.3 is 39.5 Å². The monoisotopic (exact) mass is 1570 g/mol. The van der Waals surface area contributed by atoms with E-state index in [0.717, 1.165) is 186 Å². The van der Waals surface area contributed by atoms with Crippen molar-refractivity contribution in [1.29, 1.82) is 0 Å². The van der Waals surface area contributed by atoms with E-state index in [2.05, 4.69) is 210 Å². The van der Waals surface area contributed by atoms with Gasteiger partial charge in [0, 0.05) is 19.3 Å². The molecule has 0 aromatic carbocycles. The number of unbranched alkanes of at least 4 members (excludes halogenated alkanes) is 16. The number of hydrogen-bond acceptors (Lipinski definition) is 15. The highest BCUT2D eigenvalue weighted by Crippen LogP contribution is 2.45. The molecular formula is C91H144O17P2. The number of aliphatic hydroxyl groups excluding tert-OH is 1. The zero-order valence-electron chi connectivity index (χ0n) is 67.8. The molecule has 0 bridgehead atoms. The molecular weight excluding hydrogens is 1430 g/mol. The number of aliphatic hydroxyl groups is 1. The van der Waals surface area contributed by atoms with E-state index in [1.54, 1.807) is 12.2 Å². The van der Waals surface area contributed by atoms with Crippen LogP contribution in [-0.2, 0) is 65.4 Å². The maximum atomic E-state index is 13.1. The number of esters is 4. The zero-order chi connectivity index (χ0) is 80.3. The molecule has 0 radical (unpaired) electrons. The number of carbonyl (C=O) groups is 4. The van der Waals surface area contributed by atoms with Gasteiger partial charge in [-0.2, -0.15) is 0 Å². The summed E-state index contributed by atoms with van der Waals surface area (Å²) in [6.07, 6.45) is 101. The molecule has 620 valence electrons. The third-order valence-electron chi connectivity index (χ3n) is 16.3. The van der Waals surface area contributed by atoms with Crippen molar-refractivity contribution in [3.8, 4) is 0 Å². The van der Waals surface area contributed by atoms with Crippen LogP contribution < -0.4 is 0 Å². The van der Waals surface area contributed by atoms with Crippen molar-refractivity contribution >= 4 is 39.5 Å². The Kier molecular flexibility index (Phi) is 76.0. The molecule has 0 aliphatic heterocycles. The van der Waals surface area contributed by atoms with Gasteiger partial charge in [-0.05, 0) is 173 Å². The van der Waals surface area contributed by atoms with Crippen LogP contribution in [0.3, 0.4) is 0 Å². The largest absolute Gasteiger partial charge is 0.472 e. The lowest BCUT2D eigenvalue weighted by molar-refractivity contribution is -0.161. The van der Waals surface area contributed by atoms with Gasteiger partial charge in [0.05, 0.1) is 32.8 Å². The van der Waals surface area contributed by atoms with E-state index in [9.17, 15) is 43.2 Å². The van der Waals surface area contributed by atoms with E-state index >= 15 is 0 Å². The van der Waals surface area contributed by atoms with Crippen LogP contribution in [0.1, 0.15) is 285 Å². The van der Waals surface area contributed by atoms with Crippen molar-refractivity contribution in [2.45, 2.75) is 303 Å². The number of allylic oxidation sites excluding steroid dienone is 33. The number of carbonyl (C=O) groups excluding carboxylic acids is 4. The van der Waals surface area contributed by atoms with Crippen molar-refractivity contribution in [2.75, 3.05) is 39.6 Å². The van der Waals surface area contributed by atoms with E-state index in [-0.39, 0.29) is 25.7 Å². The summed E-state index contributed by atoms with van der Waals surface area (Å²) in [6.45, 7) is 4.29. The summed E-state index contributed by atoms with van der Waals surface area (Å²) in [5, 5.41) is 10.7. The lowest BCUT2D eigenvalue weighted by atomic mass is 10.1. The Hall–Kier alpha value is -6.36. The first kappa shape index (κ1) is 104. The van der Waals surface area contributed by atoms with Crippen molar-refractivity contribution < 1.29 is 80.2 Å². The molecule has 3 N–H and O–H groups in total. The SMILES string of the molecule is CC/C=C\C/C=C\C/C=C\C/C=C\C/C=C\CCCCCC(=O)OCC(COP(=O)(O)OCC(O)COP(=O)(O)OCC(COC(=O)CCCCCCCC/C=C\C/C=C\C/C=C\CCCCC)OC(=O)C/C=C\C/C=C\C/C=C\C/C=C\C/C=C\CC)OC(=O)CCCCCC/C=C\C/C=C\C/C=C\C/C=C\CC. The van der Waals surface area contributed by atoms with Gasteiger partial charge in [-0.15, -0.1) is 0 Å². The maximum Gasteiger partial charge on any atom is 0.472 e. The average molecular weight is 1570 g/mol. The Labute approximate surface area is 665 Å². The van der Waals surface area contributed by atoms with Gasteiger partial charge < -0.3 is 33.8 Å². The van der Waals surface area contributed by atoms with Gasteiger partial charge in [0.25, 0.3) is 0 Å². The molecule has 110 heavy (non-hydrogen) atoms. The van der Waals surface area contributed by atoms with Crippen LogP contribution in [0.4, 0.5) is 0 Å². The van der Waals surface area contributed by atoms with Gasteiger partial charge in [-0.25, -0.2) is 9.13 Å². The smallest absolute Gasteiger partial charge is 0.462 e. The van der Waals surface area contributed by atoms with E-state index in [4.69, 9.17) is 37.0 Å². The van der Waals surface area contributed by atoms with Crippen molar-refractivity contribution in [3.05, 3.63) is 207 Å². The lowest BCUT2D eigenvalue weighted by Gasteiger charge is -2.21. The second-order valence-corrected chi connectivity index (χ2v) is 29.5. The Bertz CT molecular complexity index is 2900. The molecule has 0 aromatic rings. The van der Waals surface area contributed by atoms with E-state index < -0.39 is 97.5 Å². The standard InChI is InChI=1S/C91H144O17P2/c1-5-9-13-17-21-25-29-33-37-40-42-45-48-51-55-59-63-67-71-75-88(93)101-81-86(107-90(95)77-73-69-65-61-57-53-47-36-32-28-24-20-16-12-8-4)83-105-109(97,98)103-79-85(92)80-104-110(99,100)106-84-87(108-91(96)78-74-70-66-62-58-54-50-44-39-35-31-27-23-19-15-11-7-3)82-102-89(94)76-72-68-64-60-56-52-49-46-43-41-38-34-30-26-22-18-14-10-6-2/h10-12,14-16,21-28,33-39,42-43,45-47,50,52,54,56-57,61,69,73,85-87,92H,5-9,13,17-20,29-32,40-41,44,48-49,51,53,55,58-60,62-68,70-72,74-84H2,1-4H3,(H,97,98)(H,99,100)/b14-10-,15-11-,16-12-,25-21-,26-22-,27-23-,28-24-,37-33-,38-34-,39-35-,45-42-,46-43-,47-36-,54-50-,56-52-,61-57-,73-69-. The van der Waals surface area contributed by atoms with Crippen molar-refractivity contribution in [1.82, 2.24) is 0 Å². The molecule has 0 aliphatic carbocycles. The minimum absolute atomic E-state index is 0.0475. The molecule has 0 aliphatic rings. The zero-order valence-corrected chi connectivity index (χ0v) is 69.6. The van der Waals surface area contributed by atoms with Crippen LogP contribution in [0.2, 0.25) is 0 Å². The highest BCUT2D eigenvalue weighted by molar-refractivity contribution is 7.47. The normalized spacial score (nSPS) is 14.9. The second kappa shape index (κ2) is 80.7. The number of phosphoric acid groups is 2. The van der Waals surface area contributed by atoms with Gasteiger partial charge in [-0.3, -0.25) is 37.3 Å². The van der Waals surface area contributed by atoms with Crippen LogP contribution in [-0.4, -0.2) is 96.7 Å². The molecule has 0 spiro atoms. The van der Waals surface area contributed by atoms with Gasteiger partial charge in [0.15, 0.2) is 12.2 Å². The molecule has 17 nitrogen and oxygen atoms in total. The molecule has 0 amide bonds. The topological polar surface area (TPSA) is 237 Å². The molecule has 0 rings (SSSR count). The van der Waals surface area contributed by atoms with E-state index in [1.807, 2.05) is 12.2 Å². The Morgan fingerprint density at radius 3 is 0.818 bits per heavy atom. The summed E-state index contributed by atoms with van der Waals surface area (Å²) in [7, 11) is -10.0. The number of hydrogen-bond donors (Lipinski definition) is 3. The maximum absolute atomic E-state index is 13.1. The summed E-state index contributed by atoms with van der Waals surface area (Å²) in [6, 6.07) is 0. The minimum atomic E-state index is -5.02. The molecule has 0 heterocycles. The highest BCUT2D eigenvalue weighted by atomic mass is 31.2. The summed E-state index contributed by atoms with van der Waals surface area (Å²) in [5.74, 6) is -2.42. The third-order valence-corrected chi connectivity index (χ3v) is 18.2. The minimum Gasteiger partial charge on any atom is -0.462 e. The lowest BCUT2D eigenvalue weighted by Crippen LogP contribution is -2.30. The fourth-order valence-corrected chi connectivity index (χ4v) is 11.7. The molecule has 5 unspecified atom stereocenters. The molecule has 5 atom stereocenters. The van der Waals surface area contributed by atoms with Crippen LogP contribution in [0.25, 0.3) is 0 Å². The predicted molar refractivity (Wildman–Crippen MR) is 454 cm³/mol. The van der Waals surface area contributed by atoms with Crippen LogP contribution in [0.15, 0.2) is 207 Å². The summed E-state index contributed by atoms with van der Waals surface area (Å²) in [4.78, 5) is 73.1. The fraction of sp³-hybridized carbons (Fsp3) is 0.582. The molecule has 0 saturated heterocycles. The molecule has 0 aromatic heterocycles. The first-order valence-corrected chi connectivity index (χ1v) is 44.3. The van der Waals surface area contributed by atoms with E-state index in [1.165, 1.54) is 19.3 Å². The van der Waals surface area contributed by atoms with Gasteiger partial charge in [0.1, 0.15) is 19.3 Å². The Morgan fingerprint density at radius 2 is 0.509 bits per heavy atom. The third kappa shape index (κ3) is 79.7. The van der Waals surface area contributed by atoms with Gasteiger partial charge in [-0.1, -0.05) is 292 Å². The molecule has 0 saturated carbocycles. The molecule has 0 fully saturated rings. The fourth-order valence-electron chi connectivity index (χ4n) is 10.1. The predicted octanol–water partition coefficient (Wildman–Crippen LogP) is 24.7. The highest BCUT2D eigenvalue weighted by Gasteiger charge is 2.30. The quantitative estimate of drug-likeness (QED) is 0.0169. The first-order chi connectivity index (χ1) is 53.7. The van der Waals surface area contributed by atoms with Crippen LogP contribution in [0, 0.1) is 0 Å². The van der Waals surface area contributed by atoms with Crippen LogP contribution >= 0.6 is 15.6 Å². The number of phosphoric ester groups is 2. The van der Waals surface area contributed by atoms with E-state index in [0.29, 0.717) is 25.7 Å². The average Bonchev–Trinajstić information content (AvgIpc) is 0.906. The number of rotatable bonds is 75. The Morgan fingerprint density at radius 1 is 0.273 bits per heavy atom. The summed E-state index contributed by atoms with van der Waals surface area (Å²) >= 11 is 0. The van der Waals surface area contributed by atoms with Crippen molar-refractivity contribution in [3.63, 3.8) is 0 Å².